The molecule has 0 aliphatic heterocycles. The summed E-state index contributed by atoms with van der Waals surface area (Å²) in [6.07, 6.45) is 3.83. The average Bonchev–Trinajstić information content (AvgIpc) is 3.04. The molecule has 8 nitrogen and oxygen atoms in total. The summed E-state index contributed by atoms with van der Waals surface area (Å²) in [7, 11) is -0.0539. The number of rotatable bonds is 7. The Hall–Kier alpha value is -4.82. The molecule has 1 N–H and O–H groups in total. The van der Waals surface area contributed by atoms with Crippen molar-refractivity contribution in [3.05, 3.63) is 136 Å². The number of benzene rings is 4. The lowest BCUT2D eigenvalue weighted by atomic mass is 9.71. The predicted molar refractivity (Wildman–Crippen MR) is 174 cm³/mol. The molecule has 0 spiro atoms. The highest BCUT2D eigenvalue weighted by Gasteiger charge is 2.31. The number of methoxy groups -OCH3 is 2. The SMILES string of the molecule is C.COc1ccc(C(C)(c2ccc(CO)cc2)c2ccc(OC)cc2)cc1.CS(=O)(=O)c1cccc2c1C=CC(=[N+]=[N-])C2=O.[HH]. The standard InChI is InChI=1S/C23H24O3.C11H8N2O3S.CH4.H2/c1-23(18-6-4-17(16-24)5-7-18,19-8-12-21(25-2)13-9-19)20-10-14-22(26-3)15-11-20;1-17(15,16)10-4-2-3-8-7(10)5-6-9(13-12)11(8)14;;/h4-15,24H,16H2,1-3H3;2-6H,1H3;1H4;1H. The Morgan fingerprint density at radius 3 is 1.70 bits per heavy atom. The van der Waals surface area contributed by atoms with E-state index in [4.69, 9.17) is 15.0 Å². The largest absolute Gasteiger partial charge is 0.497 e. The molecule has 0 heterocycles. The van der Waals surface area contributed by atoms with Crippen molar-refractivity contribution in [1.82, 2.24) is 0 Å². The number of fused-ring (bicyclic) bond motifs is 1. The van der Waals surface area contributed by atoms with Gasteiger partial charge in [-0.25, -0.2) is 8.42 Å². The van der Waals surface area contributed by atoms with E-state index in [9.17, 15) is 18.3 Å². The van der Waals surface area contributed by atoms with Crippen molar-refractivity contribution < 1.29 is 34.0 Å². The molecular weight excluding hydrogens is 576 g/mol. The zero-order valence-electron chi connectivity index (χ0n) is 24.3. The highest BCUT2D eigenvalue weighted by atomic mass is 32.2. The molecule has 0 unspecified atom stereocenters. The number of carbonyl (C=O) groups is 1. The zero-order valence-corrected chi connectivity index (χ0v) is 25.1. The fourth-order valence-electron chi connectivity index (χ4n) is 4.98. The normalized spacial score (nSPS) is 12.2. The number of ketones is 1. The van der Waals surface area contributed by atoms with E-state index < -0.39 is 15.6 Å². The maximum atomic E-state index is 11.8. The molecule has 44 heavy (non-hydrogen) atoms. The summed E-state index contributed by atoms with van der Waals surface area (Å²) >= 11 is 0. The van der Waals surface area contributed by atoms with Crippen molar-refractivity contribution in [3.63, 3.8) is 0 Å². The maximum absolute atomic E-state index is 11.8. The van der Waals surface area contributed by atoms with E-state index in [-0.39, 0.29) is 37.0 Å². The molecule has 0 saturated heterocycles. The second-order valence-electron chi connectivity index (χ2n) is 10.1. The second kappa shape index (κ2) is 14.1. The highest BCUT2D eigenvalue weighted by Crippen LogP contribution is 2.40. The number of ether oxygens (including phenoxy) is 2. The van der Waals surface area contributed by atoms with Crippen LogP contribution in [0.15, 0.2) is 102 Å². The van der Waals surface area contributed by atoms with Gasteiger partial charge in [0.2, 0.25) is 0 Å². The van der Waals surface area contributed by atoms with Crippen molar-refractivity contribution in [3.8, 4) is 11.5 Å². The van der Waals surface area contributed by atoms with Gasteiger partial charge in [0.15, 0.2) is 9.84 Å². The minimum atomic E-state index is -3.40. The van der Waals surface area contributed by atoms with Crippen molar-refractivity contribution in [2.45, 2.75) is 31.3 Å². The number of Topliss-reactive ketones (excluding diaryl/α,β-unsaturated/α-hetero) is 1. The molecule has 0 aromatic heterocycles. The molecule has 230 valence electrons. The summed E-state index contributed by atoms with van der Waals surface area (Å²) in [5.74, 6) is 1.18. The molecule has 1 aliphatic rings. The Balaban J connectivity index is 0.000000325. The number of hydrogen-bond acceptors (Lipinski definition) is 6. The number of nitrogens with zero attached hydrogens (tertiary/aromatic N) is 2. The van der Waals surface area contributed by atoms with Gasteiger partial charge in [-0.05, 0) is 65.6 Å². The third kappa shape index (κ3) is 6.87. The van der Waals surface area contributed by atoms with E-state index in [1.54, 1.807) is 14.2 Å². The van der Waals surface area contributed by atoms with Crippen molar-refractivity contribution >= 4 is 27.4 Å². The summed E-state index contributed by atoms with van der Waals surface area (Å²) < 4.78 is 33.7. The number of carbonyl (C=O) groups excluding carboxylic acids is 1. The Morgan fingerprint density at radius 2 is 1.30 bits per heavy atom. The minimum absolute atomic E-state index is 0. The van der Waals surface area contributed by atoms with Gasteiger partial charge in [-0.15, -0.1) is 0 Å². The molecule has 4 aromatic carbocycles. The molecule has 0 bridgehead atoms. The number of hydrogen-bond donors (Lipinski definition) is 1. The van der Waals surface area contributed by atoms with E-state index in [0.29, 0.717) is 5.56 Å². The fraction of sp³-hybridized carbons (Fsp3) is 0.200. The van der Waals surface area contributed by atoms with Crippen molar-refractivity contribution in [2.75, 3.05) is 20.5 Å². The second-order valence-corrected chi connectivity index (χ2v) is 12.1. The van der Waals surface area contributed by atoms with Crippen LogP contribution in [0.5, 0.6) is 11.5 Å². The highest BCUT2D eigenvalue weighted by molar-refractivity contribution is 7.90. The van der Waals surface area contributed by atoms with Crippen LogP contribution in [-0.4, -0.2) is 50.3 Å². The quantitative estimate of drug-likeness (QED) is 0.146. The summed E-state index contributed by atoms with van der Waals surface area (Å²) in [5, 5.41) is 9.35. The van der Waals surface area contributed by atoms with E-state index in [2.05, 4.69) is 48.1 Å². The lowest BCUT2D eigenvalue weighted by molar-refractivity contribution is -0.00436. The summed E-state index contributed by atoms with van der Waals surface area (Å²) in [4.78, 5) is 14.7. The number of allylic oxidation sites excluding steroid dienone is 1. The van der Waals surface area contributed by atoms with Gasteiger partial charge < -0.3 is 20.1 Å². The third-order valence-electron chi connectivity index (χ3n) is 7.51. The van der Waals surface area contributed by atoms with E-state index in [0.717, 1.165) is 28.9 Å². The van der Waals surface area contributed by atoms with Crippen LogP contribution in [0.1, 0.15) is 54.0 Å². The Morgan fingerprint density at radius 1 is 0.818 bits per heavy atom. The predicted octanol–water partition coefficient (Wildman–Crippen LogP) is 6.40. The van der Waals surface area contributed by atoms with Gasteiger partial charge in [-0.1, -0.05) is 68.1 Å². The molecule has 4 aromatic rings. The van der Waals surface area contributed by atoms with Gasteiger partial charge in [0, 0.05) is 30.3 Å². The Bertz CT molecular complexity index is 1700. The van der Waals surface area contributed by atoms with E-state index in [1.165, 1.54) is 41.5 Å². The van der Waals surface area contributed by atoms with Gasteiger partial charge in [-0.3, -0.25) is 4.79 Å². The Labute approximate surface area is 260 Å². The van der Waals surface area contributed by atoms with Crippen LogP contribution in [0.3, 0.4) is 0 Å². The lowest BCUT2D eigenvalue weighted by Crippen LogP contribution is -2.25. The number of aliphatic hydroxyl groups excluding tert-OH is 1. The molecule has 5 rings (SSSR count). The first kappa shape index (κ1) is 33.7. The van der Waals surface area contributed by atoms with Crippen LogP contribution < -0.4 is 9.47 Å². The first-order valence-corrected chi connectivity index (χ1v) is 15.2. The van der Waals surface area contributed by atoms with Crippen LogP contribution in [0.2, 0.25) is 0 Å². The summed E-state index contributed by atoms with van der Waals surface area (Å²) in [5.41, 5.74) is 13.1. The minimum Gasteiger partial charge on any atom is -0.497 e. The van der Waals surface area contributed by atoms with Gasteiger partial charge >= 0.3 is 5.71 Å². The Kier molecular flexibility index (Phi) is 10.8. The fourth-order valence-corrected chi connectivity index (χ4v) is 5.89. The van der Waals surface area contributed by atoms with Gasteiger partial charge in [0.05, 0.1) is 25.7 Å². The molecule has 9 heteroatoms. The van der Waals surface area contributed by atoms with Crippen molar-refractivity contribution in [1.29, 1.82) is 0 Å². The van der Waals surface area contributed by atoms with Gasteiger partial charge in [-0.2, -0.15) is 4.79 Å². The van der Waals surface area contributed by atoms with Crippen LogP contribution in [0.4, 0.5) is 0 Å². The monoisotopic (exact) mass is 614 g/mol. The summed E-state index contributed by atoms with van der Waals surface area (Å²) in [6, 6.07) is 28.9. The number of aliphatic hydroxyl groups is 1. The first-order valence-electron chi connectivity index (χ1n) is 13.3. The van der Waals surface area contributed by atoms with E-state index in [1.807, 2.05) is 36.4 Å². The van der Waals surface area contributed by atoms with Crippen LogP contribution in [0.25, 0.3) is 11.6 Å². The molecule has 0 amide bonds. The van der Waals surface area contributed by atoms with Crippen LogP contribution in [-0.2, 0) is 21.9 Å². The van der Waals surface area contributed by atoms with Gasteiger partial charge in [0.25, 0.3) is 5.78 Å². The molecule has 0 saturated carbocycles. The number of sulfone groups is 1. The molecule has 0 atom stereocenters. The zero-order chi connectivity index (χ0) is 31.2. The first-order chi connectivity index (χ1) is 20.6. The molecule has 0 fully saturated rings. The lowest BCUT2D eigenvalue weighted by Gasteiger charge is -2.32. The smallest absolute Gasteiger partial charge is 0.362 e. The van der Waals surface area contributed by atoms with Crippen LogP contribution in [0, 0.1) is 0 Å². The molecule has 1 aliphatic carbocycles. The van der Waals surface area contributed by atoms with E-state index >= 15 is 0 Å². The maximum Gasteiger partial charge on any atom is 0.362 e. The summed E-state index contributed by atoms with van der Waals surface area (Å²) in [6.45, 7) is 2.26. The van der Waals surface area contributed by atoms with Crippen molar-refractivity contribution in [2.24, 2.45) is 0 Å². The van der Waals surface area contributed by atoms with Crippen LogP contribution >= 0.6 is 0 Å². The van der Waals surface area contributed by atoms with Gasteiger partial charge in [0.1, 0.15) is 11.5 Å². The molecule has 0 radical (unpaired) electrons. The topological polar surface area (TPSA) is 126 Å². The third-order valence-corrected chi connectivity index (χ3v) is 8.66. The molecular formula is C35H38N2O6S. The average molecular weight is 615 g/mol.